The van der Waals surface area contributed by atoms with E-state index in [0.717, 1.165) is 36.9 Å². The molecule has 3 heterocycles. The molecule has 1 aromatic carbocycles. The van der Waals surface area contributed by atoms with Crippen LogP contribution in [-0.2, 0) is 6.54 Å². The summed E-state index contributed by atoms with van der Waals surface area (Å²) in [5.74, 6) is 2.83. The Hall–Kier alpha value is -2.38. The van der Waals surface area contributed by atoms with Gasteiger partial charge < -0.3 is 25.0 Å². The lowest BCUT2D eigenvalue weighted by Crippen LogP contribution is -2.44. The number of aliphatic imine (C=N–C) groups is 1. The van der Waals surface area contributed by atoms with Crippen LogP contribution < -0.4 is 25.0 Å². The van der Waals surface area contributed by atoms with E-state index in [1.807, 2.05) is 24.3 Å². The fourth-order valence-corrected chi connectivity index (χ4v) is 3.91. The first-order valence-electron chi connectivity index (χ1n) is 9.04. The van der Waals surface area contributed by atoms with E-state index in [1.54, 1.807) is 13.2 Å². The minimum atomic E-state index is 0.202. The highest BCUT2D eigenvalue weighted by Crippen LogP contribution is 2.39. The molecule has 9 heteroatoms. The summed E-state index contributed by atoms with van der Waals surface area (Å²) >= 11 is 12.5. The number of guanidine groups is 1. The fourth-order valence-electron chi connectivity index (χ4n) is 3.38. The molecular formula is C19H21Cl2N5O2. The zero-order valence-corrected chi connectivity index (χ0v) is 16.9. The van der Waals surface area contributed by atoms with E-state index in [4.69, 9.17) is 32.7 Å². The molecule has 4 rings (SSSR count). The van der Waals surface area contributed by atoms with Gasteiger partial charge in [0.1, 0.15) is 5.82 Å². The molecule has 2 aliphatic heterocycles. The van der Waals surface area contributed by atoms with Gasteiger partial charge in [0.25, 0.3) is 0 Å². The maximum absolute atomic E-state index is 6.27. The molecule has 0 saturated carbocycles. The molecule has 0 amide bonds. The van der Waals surface area contributed by atoms with Crippen molar-refractivity contribution in [3.05, 3.63) is 46.1 Å². The molecule has 148 valence electrons. The molecule has 1 unspecified atom stereocenters. The van der Waals surface area contributed by atoms with Crippen LogP contribution in [0.4, 0.5) is 5.82 Å². The number of nitrogens with zero attached hydrogens (tertiary/aromatic N) is 3. The van der Waals surface area contributed by atoms with Crippen molar-refractivity contribution in [3.8, 4) is 11.5 Å². The fraction of sp³-hybridized carbons (Fsp3) is 0.368. The number of anilines is 1. The Labute approximate surface area is 173 Å². The quantitative estimate of drug-likeness (QED) is 0.583. The van der Waals surface area contributed by atoms with E-state index in [0.29, 0.717) is 28.1 Å². The van der Waals surface area contributed by atoms with Crippen LogP contribution in [0.25, 0.3) is 0 Å². The van der Waals surface area contributed by atoms with Crippen molar-refractivity contribution >= 4 is 35.0 Å². The molecule has 28 heavy (non-hydrogen) atoms. The van der Waals surface area contributed by atoms with E-state index in [2.05, 4.69) is 25.5 Å². The SMILES string of the molecule is CN=C(NCc1cc(Cl)c2c(c1)OCO2)NC1CCN(c2ncccc2Cl)C1. The van der Waals surface area contributed by atoms with Gasteiger partial charge >= 0.3 is 0 Å². The van der Waals surface area contributed by atoms with Gasteiger partial charge in [-0.05, 0) is 36.2 Å². The zero-order chi connectivity index (χ0) is 19.5. The van der Waals surface area contributed by atoms with Gasteiger partial charge in [-0.2, -0.15) is 0 Å². The predicted molar refractivity (Wildman–Crippen MR) is 111 cm³/mol. The van der Waals surface area contributed by atoms with Crippen LogP contribution in [-0.4, -0.2) is 43.9 Å². The Bertz CT molecular complexity index is 893. The molecule has 2 aromatic rings. The normalized spacial score (nSPS) is 18.5. The molecule has 0 bridgehead atoms. The number of halogens is 2. The molecule has 0 aliphatic carbocycles. The zero-order valence-electron chi connectivity index (χ0n) is 15.4. The van der Waals surface area contributed by atoms with Crippen molar-refractivity contribution in [2.75, 3.05) is 31.8 Å². The topological polar surface area (TPSA) is 71.0 Å². The van der Waals surface area contributed by atoms with E-state index in [1.165, 1.54) is 0 Å². The number of aromatic nitrogens is 1. The maximum Gasteiger partial charge on any atom is 0.231 e. The monoisotopic (exact) mass is 421 g/mol. The van der Waals surface area contributed by atoms with Gasteiger partial charge in [0.05, 0.1) is 10.0 Å². The number of hydrogen-bond acceptors (Lipinski definition) is 5. The van der Waals surface area contributed by atoms with Crippen LogP contribution in [0.15, 0.2) is 35.5 Å². The van der Waals surface area contributed by atoms with Crippen molar-refractivity contribution in [1.82, 2.24) is 15.6 Å². The number of pyridine rings is 1. The molecular weight excluding hydrogens is 401 g/mol. The molecule has 2 aliphatic rings. The Morgan fingerprint density at radius 3 is 3.04 bits per heavy atom. The van der Waals surface area contributed by atoms with Crippen LogP contribution >= 0.6 is 23.2 Å². The van der Waals surface area contributed by atoms with Crippen molar-refractivity contribution in [1.29, 1.82) is 0 Å². The number of hydrogen-bond donors (Lipinski definition) is 2. The second kappa shape index (κ2) is 8.32. The lowest BCUT2D eigenvalue weighted by molar-refractivity contribution is 0.174. The van der Waals surface area contributed by atoms with E-state index < -0.39 is 0 Å². The second-order valence-corrected chi connectivity index (χ2v) is 7.44. The Morgan fingerprint density at radius 2 is 2.21 bits per heavy atom. The number of benzene rings is 1. The van der Waals surface area contributed by atoms with Crippen molar-refractivity contribution in [2.45, 2.75) is 19.0 Å². The lowest BCUT2D eigenvalue weighted by atomic mass is 10.2. The van der Waals surface area contributed by atoms with E-state index >= 15 is 0 Å². The molecule has 1 fully saturated rings. The van der Waals surface area contributed by atoms with Crippen molar-refractivity contribution in [2.24, 2.45) is 4.99 Å². The summed E-state index contributed by atoms with van der Waals surface area (Å²) in [6.45, 7) is 2.47. The minimum Gasteiger partial charge on any atom is -0.454 e. The summed E-state index contributed by atoms with van der Waals surface area (Å²) in [4.78, 5) is 10.9. The third-order valence-corrected chi connectivity index (χ3v) is 5.31. The third-order valence-electron chi connectivity index (χ3n) is 4.74. The van der Waals surface area contributed by atoms with Gasteiger partial charge in [-0.1, -0.05) is 23.2 Å². The number of ether oxygens (including phenoxy) is 2. The molecule has 0 radical (unpaired) electrons. The van der Waals surface area contributed by atoms with Crippen LogP contribution in [0.1, 0.15) is 12.0 Å². The highest BCUT2D eigenvalue weighted by Gasteiger charge is 2.25. The number of fused-ring (bicyclic) bond motifs is 1. The largest absolute Gasteiger partial charge is 0.454 e. The molecule has 0 spiro atoms. The minimum absolute atomic E-state index is 0.202. The van der Waals surface area contributed by atoms with Gasteiger partial charge in [-0.15, -0.1) is 0 Å². The number of rotatable bonds is 4. The smallest absolute Gasteiger partial charge is 0.231 e. The highest BCUT2D eigenvalue weighted by molar-refractivity contribution is 6.33. The maximum atomic E-state index is 6.27. The van der Waals surface area contributed by atoms with Crippen LogP contribution in [0.3, 0.4) is 0 Å². The molecule has 7 nitrogen and oxygen atoms in total. The second-order valence-electron chi connectivity index (χ2n) is 6.62. The van der Waals surface area contributed by atoms with Gasteiger partial charge in [0.15, 0.2) is 17.5 Å². The lowest BCUT2D eigenvalue weighted by Gasteiger charge is -2.20. The van der Waals surface area contributed by atoms with Crippen LogP contribution in [0.5, 0.6) is 11.5 Å². The van der Waals surface area contributed by atoms with Gasteiger partial charge in [-0.25, -0.2) is 4.98 Å². The first kappa shape index (κ1) is 19.0. The third kappa shape index (κ3) is 4.05. The van der Waals surface area contributed by atoms with Gasteiger partial charge in [0.2, 0.25) is 6.79 Å². The summed E-state index contributed by atoms with van der Waals surface area (Å²) in [7, 11) is 1.75. The summed E-state index contributed by atoms with van der Waals surface area (Å²) in [5, 5.41) is 8.00. The average molecular weight is 422 g/mol. The van der Waals surface area contributed by atoms with Gasteiger partial charge in [0, 0.05) is 38.9 Å². The summed E-state index contributed by atoms with van der Waals surface area (Å²) in [6, 6.07) is 7.75. The summed E-state index contributed by atoms with van der Waals surface area (Å²) in [5.41, 5.74) is 0.991. The van der Waals surface area contributed by atoms with Gasteiger partial charge in [-0.3, -0.25) is 4.99 Å². The molecule has 1 aromatic heterocycles. The highest BCUT2D eigenvalue weighted by atomic mass is 35.5. The summed E-state index contributed by atoms with van der Waals surface area (Å²) in [6.07, 6.45) is 2.74. The Balaban J connectivity index is 1.33. The van der Waals surface area contributed by atoms with Crippen LogP contribution in [0.2, 0.25) is 10.0 Å². The Morgan fingerprint density at radius 1 is 1.32 bits per heavy atom. The van der Waals surface area contributed by atoms with Crippen molar-refractivity contribution < 1.29 is 9.47 Å². The molecule has 1 atom stereocenters. The van der Waals surface area contributed by atoms with Crippen LogP contribution in [0, 0.1) is 0 Å². The standard InChI is InChI=1S/C19H21Cl2N5O2/c1-22-19(24-9-12-7-15(21)17-16(8-12)27-11-28-17)25-13-4-6-26(10-13)18-14(20)3-2-5-23-18/h2-3,5,7-8,13H,4,6,9-11H2,1H3,(H2,22,24,25). The van der Waals surface area contributed by atoms with Crippen molar-refractivity contribution in [3.63, 3.8) is 0 Å². The Kier molecular flexibility index (Phi) is 5.64. The van der Waals surface area contributed by atoms with E-state index in [-0.39, 0.29) is 12.8 Å². The predicted octanol–water partition coefficient (Wildman–Crippen LogP) is 3.06. The molecule has 1 saturated heterocycles. The van der Waals surface area contributed by atoms with E-state index in [9.17, 15) is 0 Å². The molecule has 2 N–H and O–H groups in total. The average Bonchev–Trinajstić information content (AvgIpc) is 3.35. The summed E-state index contributed by atoms with van der Waals surface area (Å²) < 4.78 is 10.8. The first-order chi connectivity index (χ1) is 13.6. The first-order valence-corrected chi connectivity index (χ1v) is 9.80. The number of nitrogens with one attached hydrogen (secondary N) is 2.